The summed E-state index contributed by atoms with van der Waals surface area (Å²) in [5.41, 5.74) is 2.20. The van der Waals surface area contributed by atoms with E-state index in [4.69, 9.17) is 0 Å². The molecule has 0 aromatic heterocycles. The molecule has 0 aliphatic carbocycles. The molecule has 0 amide bonds. The van der Waals surface area contributed by atoms with Gasteiger partial charge in [0.05, 0.1) is 4.90 Å². The summed E-state index contributed by atoms with van der Waals surface area (Å²) < 4.78 is 52.5. The van der Waals surface area contributed by atoms with Crippen LogP contribution in [0.4, 0.5) is 14.5 Å². The van der Waals surface area contributed by atoms with E-state index in [1.807, 2.05) is 12.1 Å². The second-order valence-corrected chi connectivity index (χ2v) is 8.89. The van der Waals surface area contributed by atoms with Crippen LogP contribution in [0.3, 0.4) is 0 Å². The molecule has 2 aliphatic rings. The van der Waals surface area contributed by atoms with Crippen LogP contribution in [0, 0.1) is 0 Å². The Labute approximate surface area is 151 Å². The first-order valence-corrected chi connectivity index (χ1v) is 10.1. The molecule has 0 unspecified atom stereocenters. The van der Waals surface area contributed by atoms with Crippen LogP contribution in [-0.4, -0.2) is 32.4 Å². The number of piperidine rings is 1. The number of alkyl halides is 2. The third-order valence-corrected chi connectivity index (χ3v) is 7.48. The fraction of sp³-hybridized carbons (Fsp3) is 0.368. The van der Waals surface area contributed by atoms with Crippen LogP contribution in [-0.2, 0) is 15.4 Å². The second-order valence-electron chi connectivity index (χ2n) is 6.95. The molecule has 4 nitrogen and oxygen atoms in total. The average Bonchev–Trinajstić information content (AvgIpc) is 3.01. The minimum absolute atomic E-state index is 0.0256. The Balaban J connectivity index is 1.53. The minimum Gasteiger partial charge on any atom is -0.384 e. The summed E-state index contributed by atoms with van der Waals surface area (Å²) in [5, 5.41) is 3.42. The van der Waals surface area contributed by atoms with Crippen LogP contribution in [0.15, 0.2) is 53.4 Å². The van der Waals surface area contributed by atoms with Crippen molar-refractivity contribution in [1.82, 2.24) is 4.31 Å². The number of nitrogens with one attached hydrogen (secondary N) is 1. The third-order valence-electron chi connectivity index (χ3n) is 5.57. The van der Waals surface area contributed by atoms with Crippen molar-refractivity contribution in [3.05, 3.63) is 59.7 Å². The number of sulfonamides is 1. The summed E-state index contributed by atoms with van der Waals surface area (Å²) >= 11 is 0. The van der Waals surface area contributed by atoms with Gasteiger partial charge in [-0.1, -0.05) is 30.3 Å². The summed E-state index contributed by atoms with van der Waals surface area (Å²) in [6.45, 7) is 1.67. The zero-order chi connectivity index (χ0) is 18.4. The molecular weight excluding hydrogens is 358 g/mol. The first kappa shape index (κ1) is 17.4. The van der Waals surface area contributed by atoms with Crippen LogP contribution < -0.4 is 5.32 Å². The van der Waals surface area contributed by atoms with Crippen LogP contribution in [0.5, 0.6) is 0 Å². The lowest BCUT2D eigenvalue weighted by atomic mass is 9.75. The molecule has 2 aromatic rings. The van der Waals surface area contributed by atoms with E-state index in [-0.39, 0.29) is 15.9 Å². The molecule has 4 rings (SSSR count). The van der Waals surface area contributed by atoms with E-state index >= 15 is 0 Å². The number of hydrogen-bond acceptors (Lipinski definition) is 3. The quantitative estimate of drug-likeness (QED) is 0.885. The molecule has 1 spiro atoms. The van der Waals surface area contributed by atoms with Crippen molar-refractivity contribution in [1.29, 1.82) is 0 Å². The number of para-hydroxylation sites is 1. The highest BCUT2D eigenvalue weighted by molar-refractivity contribution is 7.89. The van der Waals surface area contributed by atoms with E-state index in [1.54, 1.807) is 0 Å². The highest BCUT2D eigenvalue weighted by Crippen LogP contribution is 2.44. The maximum absolute atomic E-state index is 12.8. The zero-order valence-electron chi connectivity index (χ0n) is 14.2. The van der Waals surface area contributed by atoms with Crippen LogP contribution >= 0.6 is 0 Å². The molecule has 2 heterocycles. The monoisotopic (exact) mass is 378 g/mol. The Morgan fingerprint density at radius 1 is 1.00 bits per heavy atom. The van der Waals surface area contributed by atoms with E-state index < -0.39 is 16.4 Å². The summed E-state index contributed by atoms with van der Waals surface area (Å²) in [5.74, 6) is 0. The van der Waals surface area contributed by atoms with Gasteiger partial charge >= 0.3 is 0 Å². The van der Waals surface area contributed by atoms with Crippen molar-refractivity contribution in [2.45, 2.75) is 29.6 Å². The first-order chi connectivity index (χ1) is 12.4. The Morgan fingerprint density at radius 2 is 1.65 bits per heavy atom. The number of benzene rings is 2. The number of rotatable bonds is 3. The van der Waals surface area contributed by atoms with E-state index in [2.05, 4.69) is 17.4 Å². The van der Waals surface area contributed by atoms with Gasteiger partial charge in [0, 0.05) is 36.3 Å². The lowest BCUT2D eigenvalue weighted by molar-refractivity contribution is 0.151. The number of halogens is 2. The Morgan fingerprint density at radius 3 is 2.31 bits per heavy atom. The van der Waals surface area contributed by atoms with Crippen molar-refractivity contribution in [3.63, 3.8) is 0 Å². The van der Waals surface area contributed by atoms with Gasteiger partial charge in [-0.15, -0.1) is 0 Å². The van der Waals surface area contributed by atoms with Gasteiger partial charge in [-0.05, 0) is 36.6 Å². The highest BCUT2D eigenvalue weighted by atomic mass is 32.2. The van der Waals surface area contributed by atoms with Gasteiger partial charge in [0.25, 0.3) is 6.43 Å². The molecule has 0 bridgehead atoms. The van der Waals surface area contributed by atoms with Gasteiger partial charge in [-0.3, -0.25) is 0 Å². The van der Waals surface area contributed by atoms with Crippen LogP contribution in [0.1, 0.15) is 30.4 Å². The summed E-state index contributed by atoms with van der Waals surface area (Å²) in [6.07, 6.45) is -1.12. The molecule has 2 aliphatic heterocycles. The number of anilines is 1. The van der Waals surface area contributed by atoms with Gasteiger partial charge in [0.1, 0.15) is 0 Å². The largest absolute Gasteiger partial charge is 0.384 e. The molecule has 2 aromatic carbocycles. The highest BCUT2D eigenvalue weighted by Gasteiger charge is 2.43. The van der Waals surface area contributed by atoms with Gasteiger partial charge < -0.3 is 5.32 Å². The molecule has 26 heavy (non-hydrogen) atoms. The number of nitrogens with zero attached hydrogens (tertiary/aromatic N) is 1. The molecule has 0 atom stereocenters. The van der Waals surface area contributed by atoms with E-state index in [1.165, 1.54) is 34.1 Å². The Hall–Kier alpha value is -1.99. The van der Waals surface area contributed by atoms with Crippen molar-refractivity contribution >= 4 is 15.7 Å². The van der Waals surface area contributed by atoms with Gasteiger partial charge in [-0.25, -0.2) is 17.2 Å². The summed E-state index contributed by atoms with van der Waals surface area (Å²) in [7, 11) is -3.66. The van der Waals surface area contributed by atoms with E-state index in [9.17, 15) is 17.2 Å². The van der Waals surface area contributed by atoms with E-state index in [0.29, 0.717) is 13.1 Å². The summed E-state index contributed by atoms with van der Waals surface area (Å²) in [4.78, 5) is 0.0720. The van der Waals surface area contributed by atoms with Gasteiger partial charge in [0.15, 0.2) is 0 Å². The molecule has 1 saturated heterocycles. The molecule has 1 fully saturated rings. The predicted molar refractivity (Wildman–Crippen MR) is 96.0 cm³/mol. The van der Waals surface area contributed by atoms with Gasteiger partial charge in [-0.2, -0.15) is 4.31 Å². The smallest absolute Gasteiger partial charge is 0.263 e. The predicted octanol–water partition coefficient (Wildman–Crippen LogP) is 3.77. The molecule has 1 N–H and O–H groups in total. The lowest BCUT2D eigenvalue weighted by Crippen LogP contribution is -2.46. The average molecular weight is 378 g/mol. The second kappa shape index (κ2) is 6.32. The first-order valence-electron chi connectivity index (χ1n) is 8.64. The lowest BCUT2D eigenvalue weighted by Gasteiger charge is -2.38. The Bertz CT molecular complexity index is 905. The molecule has 0 radical (unpaired) electrons. The molecular formula is C19H20F2N2O2S. The zero-order valence-corrected chi connectivity index (χ0v) is 15.0. The molecule has 138 valence electrons. The number of fused-ring (bicyclic) bond motifs is 2. The maximum Gasteiger partial charge on any atom is 0.263 e. The van der Waals surface area contributed by atoms with Crippen molar-refractivity contribution in [3.8, 4) is 0 Å². The fourth-order valence-corrected chi connectivity index (χ4v) is 5.44. The number of hydrogen-bond donors (Lipinski definition) is 1. The van der Waals surface area contributed by atoms with Crippen molar-refractivity contribution in [2.75, 3.05) is 25.0 Å². The topological polar surface area (TPSA) is 49.4 Å². The minimum atomic E-state index is -3.66. The molecule has 7 heteroatoms. The normalized spacial score (nSPS) is 19.5. The molecule has 0 saturated carbocycles. The maximum atomic E-state index is 12.8. The summed E-state index contributed by atoms with van der Waals surface area (Å²) in [6, 6.07) is 13.1. The van der Waals surface area contributed by atoms with E-state index in [0.717, 1.165) is 25.1 Å². The van der Waals surface area contributed by atoms with Crippen LogP contribution in [0.25, 0.3) is 0 Å². The van der Waals surface area contributed by atoms with Gasteiger partial charge in [0.2, 0.25) is 10.0 Å². The SMILES string of the molecule is O=S(=O)(c1ccc(C(F)F)cc1)N1CCC2(CC1)CNc1ccccc12. The van der Waals surface area contributed by atoms with Crippen molar-refractivity contribution < 1.29 is 17.2 Å². The third kappa shape index (κ3) is 2.79. The van der Waals surface area contributed by atoms with Crippen LogP contribution in [0.2, 0.25) is 0 Å². The van der Waals surface area contributed by atoms with Crippen molar-refractivity contribution in [2.24, 2.45) is 0 Å². The standard InChI is InChI=1S/C19H20F2N2O2S/c20-18(21)14-5-7-15(8-6-14)26(24,25)23-11-9-19(10-12-23)13-22-17-4-2-1-3-16(17)19/h1-8,18,22H,9-13H2. The Kier molecular flexibility index (Phi) is 4.23. The fourth-order valence-electron chi connectivity index (χ4n) is 3.99.